The number of benzene rings is 1. The monoisotopic (exact) mass is 260 g/mol. The van der Waals surface area contributed by atoms with Crippen molar-refractivity contribution in [3.05, 3.63) is 29.3 Å². The summed E-state index contributed by atoms with van der Waals surface area (Å²) >= 11 is 0. The predicted octanol–water partition coefficient (Wildman–Crippen LogP) is 3.13. The summed E-state index contributed by atoms with van der Waals surface area (Å²) in [6.45, 7) is 1.56. The highest BCUT2D eigenvalue weighted by atomic mass is 19.4. The van der Waals surface area contributed by atoms with Gasteiger partial charge in [-0.3, -0.25) is 4.90 Å². The SMILES string of the molecule is Cc1cc(N(C)C(=O)N(C)C)cc(C(F)(F)F)c1. The molecule has 0 aliphatic carbocycles. The fourth-order valence-electron chi connectivity index (χ4n) is 1.53. The van der Waals surface area contributed by atoms with Crippen LogP contribution in [-0.4, -0.2) is 32.1 Å². The van der Waals surface area contributed by atoms with Gasteiger partial charge in [0.25, 0.3) is 0 Å². The summed E-state index contributed by atoms with van der Waals surface area (Å²) in [5.41, 5.74) is -0.0739. The molecule has 0 aliphatic heterocycles. The van der Waals surface area contributed by atoms with Gasteiger partial charge in [0.1, 0.15) is 0 Å². The number of hydrogen-bond acceptors (Lipinski definition) is 1. The number of amides is 2. The number of urea groups is 1. The number of halogens is 3. The van der Waals surface area contributed by atoms with Crippen molar-refractivity contribution < 1.29 is 18.0 Å². The van der Waals surface area contributed by atoms with Crippen LogP contribution in [-0.2, 0) is 6.18 Å². The average Bonchev–Trinajstić information content (AvgIpc) is 2.24. The highest BCUT2D eigenvalue weighted by molar-refractivity contribution is 5.91. The second kappa shape index (κ2) is 4.88. The summed E-state index contributed by atoms with van der Waals surface area (Å²) in [5, 5.41) is 0. The van der Waals surface area contributed by atoms with Gasteiger partial charge in [-0.15, -0.1) is 0 Å². The van der Waals surface area contributed by atoms with Crippen molar-refractivity contribution in [2.45, 2.75) is 13.1 Å². The quantitative estimate of drug-likeness (QED) is 0.761. The van der Waals surface area contributed by atoms with E-state index in [-0.39, 0.29) is 11.7 Å². The minimum atomic E-state index is -4.41. The van der Waals surface area contributed by atoms with Crippen LogP contribution < -0.4 is 4.90 Å². The molecule has 1 aromatic rings. The summed E-state index contributed by atoms with van der Waals surface area (Å²) in [7, 11) is 4.52. The Morgan fingerprint density at radius 2 is 1.67 bits per heavy atom. The second-order valence-electron chi connectivity index (χ2n) is 4.29. The van der Waals surface area contributed by atoms with E-state index in [0.717, 1.165) is 12.1 Å². The summed E-state index contributed by atoms with van der Waals surface area (Å²) in [4.78, 5) is 14.2. The minimum absolute atomic E-state index is 0.223. The van der Waals surface area contributed by atoms with Gasteiger partial charge >= 0.3 is 12.2 Å². The van der Waals surface area contributed by atoms with Crippen molar-refractivity contribution in [2.24, 2.45) is 0 Å². The molecule has 0 radical (unpaired) electrons. The van der Waals surface area contributed by atoms with Gasteiger partial charge in [0.15, 0.2) is 0 Å². The van der Waals surface area contributed by atoms with Crippen molar-refractivity contribution >= 4 is 11.7 Å². The number of rotatable bonds is 1. The maximum Gasteiger partial charge on any atom is 0.416 e. The molecule has 0 aliphatic rings. The smallest absolute Gasteiger partial charge is 0.330 e. The predicted molar refractivity (Wildman–Crippen MR) is 63.7 cm³/mol. The molecule has 6 heteroatoms. The number of anilines is 1. The van der Waals surface area contributed by atoms with E-state index in [1.54, 1.807) is 21.0 Å². The minimum Gasteiger partial charge on any atom is -0.330 e. The van der Waals surface area contributed by atoms with Gasteiger partial charge in [-0.2, -0.15) is 13.2 Å². The molecule has 0 saturated carbocycles. The number of nitrogens with zero attached hydrogens (tertiary/aromatic N) is 2. The maximum absolute atomic E-state index is 12.7. The van der Waals surface area contributed by atoms with Crippen LogP contribution in [0.15, 0.2) is 18.2 Å². The standard InChI is InChI=1S/C12H15F3N2O/c1-8-5-9(12(13,14)15)7-10(6-8)17(4)11(18)16(2)3/h5-7H,1-4H3. The summed E-state index contributed by atoms with van der Waals surface area (Å²) < 4.78 is 38.0. The van der Waals surface area contributed by atoms with Crippen molar-refractivity contribution in [3.8, 4) is 0 Å². The number of carbonyl (C=O) groups excluding carboxylic acids is 1. The molecule has 0 spiro atoms. The Labute approximate surface area is 104 Å². The Balaban J connectivity index is 3.18. The molecule has 0 heterocycles. The van der Waals surface area contributed by atoms with Crippen LogP contribution in [0.2, 0.25) is 0 Å². The zero-order valence-electron chi connectivity index (χ0n) is 10.7. The highest BCUT2D eigenvalue weighted by Crippen LogP contribution is 2.32. The maximum atomic E-state index is 12.7. The highest BCUT2D eigenvalue weighted by Gasteiger charge is 2.31. The zero-order valence-corrected chi connectivity index (χ0v) is 10.7. The van der Waals surface area contributed by atoms with Crippen LogP contribution in [0.4, 0.5) is 23.7 Å². The molecule has 1 rings (SSSR count). The molecule has 2 amide bonds. The van der Waals surface area contributed by atoms with E-state index in [0.29, 0.717) is 5.56 Å². The molecule has 0 fully saturated rings. The van der Waals surface area contributed by atoms with Gasteiger partial charge < -0.3 is 4.90 Å². The van der Waals surface area contributed by atoms with Crippen molar-refractivity contribution in [3.63, 3.8) is 0 Å². The first-order valence-electron chi connectivity index (χ1n) is 5.27. The topological polar surface area (TPSA) is 23.6 Å². The van der Waals surface area contributed by atoms with Crippen molar-refractivity contribution in [2.75, 3.05) is 26.0 Å². The molecular formula is C12H15F3N2O. The number of aryl methyl sites for hydroxylation is 1. The van der Waals surface area contributed by atoms with Crippen LogP contribution in [0.1, 0.15) is 11.1 Å². The number of hydrogen-bond donors (Lipinski definition) is 0. The summed E-state index contributed by atoms with van der Waals surface area (Å²) in [5.74, 6) is 0. The molecule has 0 unspecified atom stereocenters. The summed E-state index contributed by atoms with van der Waals surface area (Å²) in [6, 6.07) is 3.18. The van der Waals surface area contributed by atoms with Crippen molar-refractivity contribution in [1.29, 1.82) is 0 Å². The van der Waals surface area contributed by atoms with E-state index in [2.05, 4.69) is 0 Å². The molecule has 0 atom stereocenters. The molecule has 0 saturated heterocycles. The van der Waals surface area contributed by atoms with Gasteiger partial charge in [-0.05, 0) is 30.7 Å². The van der Waals surface area contributed by atoms with Gasteiger partial charge in [-0.25, -0.2) is 4.79 Å². The lowest BCUT2D eigenvalue weighted by Crippen LogP contribution is -2.36. The van der Waals surface area contributed by atoms with E-state index in [1.807, 2.05) is 0 Å². The van der Waals surface area contributed by atoms with E-state index >= 15 is 0 Å². The van der Waals surface area contributed by atoms with Crippen LogP contribution in [0.25, 0.3) is 0 Å². The molecule has 0 N–H and O–H groups in total. The Morgan fingerprint density at radius 3 is 2.11 bits per heavy atom. The summed E-state index contributed by atoms with van der Waals surface area (Å²) in [6.07, 6.45) is -4.41. The van der Waals surface area contributed by atoms with E-state index in [4.69, 9.17) is 0 Å². The van der Waals surface area contributed by atoms with E-state index in [1.165, 1.54) is 22.9 Å². The normalized spacial score (nSPS) is 11.3. The molecular weight excluding hydrogens is 245 g/mol. The first-order chi connectivity index (χ1) is 8.12. The van der Waals surface area contributed by atoms with Crippen LogP contribution in [0, 0.1) is 6.92 Å². The Hall–Kier alpha value is -1.72. The lowest BCUT2D eigenvalue weighted by Gasteiger charge is -2.23. The van der Waals surface area contributed by atoms with Gasteiger partial charge in [0, 0.05) is 26.8 Å². The van der Waals surface area contributed by atoms with Gasteiger partial charge in [-0.1, -0.05) is 0 Å². The molecule has 100 valence electrons. The van der Waals surface area contributed by atoms with Gasteiger partial charge in [0.2, 0.25) is 0 Å². The largest absolute Gasteiger partial charge is 0.416 e. The third-order valence-corrected chi connectivity index (χ3v) is 2.45. The molecule has 0 bridgehead atoms. The Morgan fingerprint density at radius 1 is 1.11 bits per heavy atom. The molecule has 18 heavy (non-hydrogen) atoms. The van der Waals surface area contributed by atoms with E-state index < -0.39 is 11.7 Å². The van der Waals surface area contributed by atoms with Crippen LogP contribution in [0.3, 0.4) is 0 Å². The third kappa shape index (κ3) is 3.15. The average molecular weight is 260 g/mol. The Bertz CT molecular complexity index is 455. The lowest BCUT2D eigenvalue weighted by atomic mass is 10.1. The first-order valence-corrected chi connectivity index (χ1v) is 5.27. The first kappa shape index (κ1) is 14.3. The number of carbonyl (C=O) groups is 1. The molecule has 1 aromatic carbocycles. The number of alkyl halides is 3. The van der Waals surface area contributed by atoms with Crippen molar-refractivity contribution in [1.82, 2.24) is 4.90 Å². The fourth-order valence-corrected chi connectivity index (χ4v) is 1.53. The second-order valence-corrected chi connectivity index (χ2v) is 4.29. The van der Waals surface area contributed by atoms with Crippen LogP contribution >= 0.6 is 0 Å². The fraction of sp³-hybridized carbons (Fsp3) is 0.417. The lowest BCUT2D eigenvalue weighted by molar-refractivity contribution is -0.137. The molecule has 3 nitrogen and oxygen atoms in total. The zero-order chi connectivity index (χ0) is 14.1. The third-order valence-electron chi connectivity index (χ3n) is 2.45. The molecule has 0 aromatic heterocycles. The Kier molecular flexibility index (Phi) is 3.88. The van der Waals surface area contributed by atoms with E-state index in [9.17, 15) is 18.0 Å². The van der Waals surface area contributed by atoms with Gasteiger partial charge in [0.05, 0.1) is 5.56 Å². The van der Waals surface area contributed by atoms with Crippen LogP contribution in [0.5, 0.6) is 0 Å².